The molecular weight excluding hydrogens is 316 g/mol. The first-order valence-corrected chi connectivity index (χ1v) is 8.66. The fourth-order valence-corrected chi connectivity index (χ4v) is 3.00. The lowest BCUT2D eigenvalue weighted by molar-refractivity contribution is -0.152. The summed E-state index contributed by atoms with van der Waals surface area (Å²) in [6, 6.07) is 0. The van der Waals surface area contributed by atoms with Crippen molar-refractivity contribution in [2.45, 2.75) is 45.1 Å². The SMILES string of the molecule is Cc1cnn(CCC(=O)N2CCC(F)(F)C(COCC3CC3)C2)c1. The van der Waals surface area contributed by atoms with E-state index in [0.29, 0.717) is 19.1 Å². The quantitative estimate of drug-likeness (QED) is 0.765. The Bertz CT molecular complexity index is 572. The highest BCUT2D eigenvalue weighted by atomic mass is 19.3. The number of ether oxygens (including phenoxy) is 1. The first-order chi connectivity index (χ1) is 11.4. The van der Waals surface area contributed by atoms with Crippen molar-refractivity contribution < 1.29 is 18.3 Å². The van der Waals surface area contributed by atoms with Crippen LogP contribution in [0.2, 0.25) is 0 Å². The number of likely N-dealkylation sites (tertiary alicyclic amines) is 1. The van der Waals surface area contributed by atoms with Gasteiger partial charge in [0.25, 0.3) is 5.92 Å². The van der Waals surface area contributed by atoms with E-state index in [4.69, 9.17) is 4.74 Å². The van der Waals surface area contributed by atoms with Gasteiger partial charge >= 0.3 is 0 Å². The topological polar surface area (TPSA) is 47.4 Å². The first-order valence-electron chi connectivity index (χ1n) is 8.66. The highest BCUT2D eigenvalue weighted by Crippen LogP contribution is 2.35. The fraction of sp³-hybridized carbons (Fsp3) is 0.765. The van der Waals surface area contributed by atoms with Crippen molar-refractivity contribution >= 4 is 5.91 Å². The zero-order valence-electron chi connectivity index (χ0n) is 14.1. The lowest BCUT2D eigenvalue weighted by Crippen LogP contribution is -2.51. The van der Waals surface area contributed by atoms with Gasteiger partial charge in [-0.3, -0.25) is 9.48 Å². The molecule has 24 heavy (non-hydrogen) atoms. The van der Waals surface area contributed by atoms with Crippen molar-refractivity contribution in [3.05, 3.63) is 18.0 Å². The fourth-order valence-electron chi connectivity index (χ4n) is 3.00. The number of halogens is 2. The Morgan fingerprint density at radius 3 is 2.88 bits per heavy atom. The summed E-state index contributed by atoms with van der Waals surface area (Å²) in [7, 11) is 0. The largest absolute Gasteiger partial charge is 0.381 e. The van der Waals surface area contributed by atoms with Crippen LogP contribution in [-0.2, 0) is 16.1 Å². The Morgan fingerprint density at radius 1 is 1.42 bits per heavy atom. The zero-order chi connectivity index (χ0) is 17.2. The van der Waals surface area contributed by atoms with Crippen LogP contribution in [0, 0.1) is 18.8 Å². The second-order valence-corrected chi connectivity index (χ2v) is 7.06. The summed E-state index contributed by atoms with van der Waals surface area (Å²) in [6.07, 6.45) is 5.88. The molecule has 1 aliphatic carbocycles. The molecule has 1 aromatic rings. The highest BCUT2D eigenvalue weighted by Gasteiger charge is 2.45. The third kappa shape index (κ3) is 4.53. The van der Waals surface area contributed by atoms with Crippen LogP contribution in [0.3, 0.4) is 0 Å². The minimum atomic E-state index is -2.75. The zero-order valence-corrected chi connectivity index (χ0v) is 14.1. The van der Waals surface area contributed by atoms with Gasteiger partial charge in [0, 0.05) is 45.3 Å². The van der Waals surface area contributed by atoms with Gasteiger partial charge in [-0.15, -0.1) is 0 Å². The molecule has 0 radical (unpaired) electrons. The maximum absolute atomic E-state index is 14.1. The molecule has 3 rings (SSSR count). The molecule has 0 aromatic carbocycles. The Morgan fingerprint density at radius 2 is 2.21 bits per heavy atom. The summed E-state index contributed by atoms with van der Waals surface area (Å²) in [4.78, 5) is 13.9. The number of rotatable bonds is 7. The van der Waals surface area contributed by atoms with E-state index in [0.717, 1.165) is 18.4 Å². The van der Waals surface area contributed by atoms with Crippen LogP contribution in [0.5, 0.6) is 0 Å². The summed E-state index contributed by atoms with van der Waals surface area (Å²) in [6.45, 7) is 3.20. The Labute approximate surface area is 141 Å². The molecule has 1 aromatic heterocycles. The summed E-state index contributed by atoms with van der Waals surface area (Å²) in [5.41, 5.74) is 1.04. The van der Waals surface area contributed by atoms with Gasteiger partial charge in [-0.1, -0.05) is 0 Å². The van der Waals surface area contributed by atoms with Crippen molar-refractivity contribution in [3.8, 4) is 0 Å². The van der Waals surface area contributed by atoms with E-state index in [1.165, 1.54) is 0 Å². The molecule has 1 saturated carbocycles. The molecule has 2 fully saturated rings. The molecule has 1 saturated heterocycles. The van der Waals surface area contributed by atoms with Crippen molar-refractivity contribution in [1.82, 2.24) is 14.7 Å². The Balaban J connectivity index is 1.48. The van der Waals surface area contributed by atoms with Gasteiger partial charge in [-0.25, -0.2) is 8.78 Å². The monoisotopic (exact) mass is 341 g/mol. The lowest BCUT2D eigenvalue weighted by atomic mass is 9.94. The van der Waals surface area contributed by atoms with Crippen LogP contribution >= 0.6 is 0 Å². The van der Waals surface area contributed by atoms with Crippen LogP contribution in [0.1, 0.15) is 31.2 Å². The van der Waals surface area contributed by atoms with Crippen LogP contribution in [0.25, 0.3) is 0 Å². The predicted octanol–water partition coefficient (Wildman–Crippen LogP) is 2.49. The third-order valence-electron chi connectivity index (χ3n) is 4.79. The highest BCUT2D eigenvalue weighted by molar-refractivity contribution is 5.76. The molecule has 7 heteroatoms. The molecule has 0 bridgehead atoms. The number of alkyl halides is 2. The minimum Gasteiger partial charge on any atom is -0.381 e. The molecule has 1 unspecified atom stereocenters. The van der Waals surface area contributed by atoms with E-state index in [2.05, 4.69) is 5.10 Å². The van der Waals surface area contributed by atoms with Gasteiger partial charge in [0.1, 0.15) is 0 Å². The molecule has 0 N–H and O–H groups in total. The second-order valence-electron chi connectivity index (χ2n) is 7.06. The van der Waals surface area contributed by atoms with Gasteiger partial charge in [-0.2, -0.15) is 5.10 Å². The number of aromatic nitrogens is 2. The molecule has 1 atom stereocenters. The number of aryl methyl sites for hydroxylation is 2. The molecule has 1 aliphatic heterocycles. The third-order valence-corrected chi connectivity index (χ3v) is 4.79. The first kappa shape index (κ1) is 17.3. The van der Waals surface area contributed by atoms with Crippen LogP contribution in [0.4, 0.5) is 8.78 Å². The molecule has 5 nitrogen and oxygen atoms in total. The average Bonchev–Trinajstić information content (AvgIpc) is 3.27. The molecule has 2 aliphatic rings. The van der Waals surface area contributed by atoms with Crippen molar-refractivity contribution in [1.29, 1.82) is 0 Å². The second kappa shape index (κ2) is 7.17. The van der Waals surface area contributed by atoms with Gasteiger partial charge in [-0.05, 0) is 31.2 Å². The summed E-state index contributed by atoms with van der Waals surface area (Å²) in [5.74, 6) is -3.19. The number of hydrogen-bond acceptors (Lipinski definition) is 3. The van der Waals surface area contributed by atoms with Crippen LogP contribution in [-0.4, -0.2) is 52.8 Å². The maximum atomic E-state index is 14.1. The van der Waals surface area contributed by atoms with Gasteiger partial charge in [0.05, 0.1) is 18.7 Å². The maximum Gasteiger partial charge on any atom is 0.256 e. The molecular formula is C17H25F2N3O2. The van der Waals surface area contributed by atoms with Gasteiger partial charge < -0.3 is 9.64 Å². The number of hydrogen-bond donors (Lipinski definition) is 0. The summed E-state index contributed by atoms with van der Waals surface area (Å²) >= 11 is 0. The molecule has 0 spiro atoms. The average molecular weight is 341 g/mol. The Hall–Kier alpha value is -1.50. The van der Waals surface area contributed by atoms with E-state index >= 15 is 0 Å². The van der Waals surface area contributed by atoms with E-state index in [9.17, 15) is 13.6 Å². The number of piperidine rings is 1. The standard InChI is InChI=1S/C17H25F2N3O2/c1-13-8-20-22(9-13)6-4-16(23)21-7-5-17(18,19)15(10-21)12-24-11-14-2-3-14/h8-9,14-15H,2-7,10-12H2,1H3. The molecule has 134 valence electrons. The van der Waals surface area contributed by atoms with E-state index in [1.807, 2.05) is 13.1 Å². The summed E-state index contributed by atoms with van der Waals surface area (Å²) in [5, 5.41) is 4.14. The van der Waals surface area contributed by atoms with Crippen LogP contribution in [0.15, 0.2) is 12.4 Å². The predicted molar refractivity (Wildman–Crippen MR) is 84.8 cm³/mol. The van der Waals surface area contributed by atoms with E-state index in [-0.39, 0.29) is 38.4 Å². The van der Waals surface area contributed by atoms with Crippen molar-refractivity contribution in [3.63, 3.8) is 0 Å². The van der Waals surface area contributed by atoms with Crippen molar-refractivity contribution in [2.24, 2.45) is 11.8 Å². The molecule has 1 amide bonds. The van der Waals surface area contributed by atoms with Gasteiger partial charge in [0.2, 0.25) is 5.91 Å². The lowest BCUT2D eigenvalue weighted by Gasteiger charge is -2.38. The van der Waals surface area contributed by atoms with Gasteiger partial charge in [0.15, 0.2) is 0 Å². The van der Waals surface area contributed by atoms with E-state index < -0.39 is 11.8 Å². The smallest absolute Gasteiger partial charge is 0.256 e. The van der Waals surface area contributed by atoms with E-state index in [1.54, 1.807) is 15.8 Å². The van der Waals surface area contributed by atoms with Crippen LogP contribution < -0.4 is 0 Å². The molecule has 2 heterocycles. The number of amides is 1. The number of nitrogens with zero attached hydrogens (tertiary/aromatic N) is 3. The minimum absolute atomic E-state index is 0.0334. The summed E-state index contributed by atoms with van der Waals surface area (Å²) < 4.78 is 35.3. The number of carbonyl (C=O) groups is 1. The van der Waals surface area contributed by atoms with Crippen molar-refractivity contribution in [2.75, 3.05) is 26.3 Å². The Kier molecular flexibility index (Phi) is 5.18. The number of carbonyl (C=O) groups excluding carboxylic acids is 1. The normalized spacial score (nSPS) is 23.5.